The predicted molar refractivity (Wildman–Crippen MR) is 134 cm³/mol. The second-order valence-corrected chi connectivity index (χ2v) is 7.60. The van der Waals surface area contributed by atoms with Crippen molar-refractivity contribution in [1.82, 2.24) is 15.6 Å². The summed E-state index contributed by atoms with van der Waals surface area (Å²) in [6.07, 6.45) is 2.90. The topological polar surface area (TPSA) is 55.8 Å². The molecule has 1 aliphatic rings. The average Bonchev–Trinajstić information content (AvgIpc) is 3.15. The normalized spacial score (nSPS) is 16.3. The number of pyridine rings is 1. The van der Waals surface area contributed by atoms with E-state index in [0.717, 1.165) is 48.4 Å². The maximum absolute atomic E-state index is 6.14. The zero-order chi connectivity index (χ0) is 19.9. The van der Waals surface area contributed by atoms with E-state index in [-0.39, 0.29) is 24.0 Å². The molecule has 0 amide bonds. The number of aromatic nitrogens is 1. The highest BCUT2D eigenvalue weighted by molar-refractivity contribution is 14.0. The first-order valence-corrected chi connectivity index (χ1v) is 10.1. The van der Waals surface area contributed by atoms with Gasteiger partial charge in [-0.3, -0.25) is 0 Å². The number of benzene rings is 1. The fourth-order valence-electron chi connectivity index (χ4n) is 3.27. The molecule has 1 unspecified atom stereocenters. The second kappa shape index (κ2) is 11.4. The molecule has 0 bridgehead atoms. The SMILES string of the molecule is CCNC(=NCc1ccnc(N(C)C)c1)NC1CCN(c2cccc(Cl)c2)C1.I. The quantitative estimate of drug-likeness (QED) is 0.340. The predicted octanol–water partition coefficient (Wildman–Crippen LogP) is 3.75. The zero-order valence-electron chi connectivity index (χ0n) is 17.2. The monoisotopic (exact) mass is 528 g/mol. The van der Waals surface area contributed by atoms with Gasteiger partial charge in [-0.2, -0.15) is 0 Å². The number of halogens is 2. The fraction of sp³-hybridized carbons (Fsp3) is 0.429. The van der Waals surface area contributed by atoms with E-state index in [1.807, 2.05) is 49.5 Å². The Kier molecular flexibility index (Phi) is 9.29. The van der Waals surface area contributed by atoms with Crippen LogP contribution >= 0.6 is 35.6 Å². The molecule has 1 aromatic carbocycles. The lowest BCUT2D eigenvalue weighted by Gasteiger charge is -2.20. The van der Waals surface area contributed by atoms with Gasteiger partial charge in [0, 0.05) is 56.7 Å². The zero-order valence-corrected chi connectivity index (χ0v) is 20.3. The Morgan fingerprint density at radius 1 is 1.31 bits per heavy atom. The molecule has 158 valence electrons. The van der Waals surface area contributed by atoms with Gasteiger partial charge < -0.3 is 20.4 Å². The van der Waals surface area contributed by atoms with Crippen molar-refractivity contribution in [2.45, 2.75) is 25.9 Å². The summed E-state index contributed by atoms with van der Waals surface area (Å²) < 4.78 is 0. The van der Waals surface area contributed by atoms with Crippen molar-refractivity contribution in [3.8, 4) is 0 Å². The van der Waals surface area contributed by atoms with Crippen LogP contribution in [0.2, 0.25) is 5.02 Å². The molecule has 29 heavy (non-hydrogen) atoms. The van der Waals surface area contributed by atoms with E-state index in [1.54, 1.807) is 0 Å². The van der Waals surface area contributed by atoms with Gasteiger partial charge in [0.25, 0.3) is 0 Å². The number of nitrogens with one attached hydrogen (secondary N) is 2. The highest BCUT2D eigenvalue weighted by Crippen LogP contribution is 2.23. The molecular weight excluding hydrogens is 499 g/mol. The van der Waals surface area contributed by atoms with Crippen molar-refractivity contribution < 1.29 is 0 Å². The van der Waals surface area contributed by atoms with E-state index < -0.39 is 0 Å². The van der Waals surface area contributed by atoms with E-state index in [4.69, 9.17) is 16.6 Å². The summed E-state index contributed by atoms with van der Waals surface area (Å²) in [5.74, 6) is 1.79. The van der Waals surface area contributed by atoms with E-state index in [0.29, 0.717) is 12.6 Å². The smallest absolute Gasteiger partial charge is 0.191 e. The van der Waals surface area contributed by atoms with E-state index in [2.05, 4.69) is 39.6 Å². The highest BCUT2D eigenvalue weighted by atomic mass is 127. The van der Waals surface area contributed by atoms with Gasteiger partial charge in [-0.25, -0.2) is 9.98 Å². The molecule has 0 spiro atoms. The molecule has 1 saturated heterocycles. The highest BCUT2D eigenvalue weighted by Gasteiger charge is 2.23. The van der Waals surface area contributed by atoms with Crippen LogP contribution in [0.15, 0.2) is 47.6 Å². The van der Waals surface area contributed by atoms with Crippen LogP contribution in [0, 0.1) is 0 Å². The lowest BCUT2D eigenvalue weighted by molar-refractivity contribution is 0.649. The van der Waals surface area contributed by atoms with Crippen molar-refractivity contribution in [2.24, 2.45) is 4.99 Å². The Morgan fingerprint density at radius 3 is 2.86 bits per heavy atom. The van der Waals surface area contributed by atoms with Crippen molar-refractivity contribution in [3.05, 3.63) is 53.2 Å². The Morgan fingerprint density at radius 2 is 2.14 bits per heavy atom. The van der Waals surface area contributed by atoms with Crippen molar-refractivity contribution >= 4 is 53.0 Å². The van der Waals surface area contributed by atoms with Crippen LogP contribution in [0.1, 0.15) is 18.9 Å². The summed E-state index contributed by atoms with van der Waals surface area (Å²) >= 11 is 6.14. The minimum atomic E-state index is 0. The first-order chi connectivity index (χ1) is 13.5. The fourth-order valence-corrected chi connectivity index (χ4v) is 3.46. The van der Waals surface area contributed by atoms with Gasteiger partial charge in [0.2, 0.25) is 0 Å². The van der Waals surface area contributed by atoms with Crippen LogP contribution in [0.3, 0.4) is 0 Å². The molecule has 0 saturated carbocycles. The minimum absolute atomic E-state index is 0. The molecule has 1 aromatic heterocycles. The molecule has 0 aliphatic carbocycles. The van der Waals surface area contributed by atoms with Gasteiger partial charge >= 0.3 is 0 Å². The maximum Gasteiger partial charge on any atom is 0.191 e. The molecule has 1 aliphatic heterocycles. The standard InChI is InChI=1S/C21H29ClN6.HI/c1-4-23-21(25-14-16-8-10-24-20(12-16)27(2)3)26-18-9-11-28(15-18)19-7-5-6-17(22)13-19;/h5-8,10,12-13,18H,4,9,11,14-15H2,1-3H3,(H2,23,25,26);1H. The van der Waals surface area contributed by atoms with Gasteiger partial charge in [-0.1, -0.05) is 17.7 Å². The second-order valence-electron chi connectivity index (χ2n) is 7.17. The number of rotatable bonds is 6. The van der Waals surface area contributed by atoms with Gasteiger partial charge in [-0.15, -0.1) is 24.0 Å². The first kappa shape index (κ1) is 23.5. The lowest BCUT2D eigenvalue weighted by atomic mass is 10.2. The molecule has 6 nitrogen and oxygen atoms in total. The molecule has 2 heterocycles. The molecule has 2 N–H and O–H groups in total. The van der Waals surface area contributed by atoms with E-state index in [1.165, 1.54) is 5.69 Å². The summed E-state index contributed by atoms with van der Waals surface area (Å²) in [4.78, 5) is 13.5. The largest absolute Gasteiger partial charge is 0.369 e. The minimum Gasteiger partial charge on any atom is -0.369 e. The maximum atomic E-state index is 6.14. The number of hydrogen-bond acceptors (Lipinski definition) is 4. The molecule has 1 fully saturated rings. The average molecular weight is 529 g/mol. The van der Waals surface area contributed by atoms with Crippen LogP contribution in [-0.4, -0.2) is 50.7 Å². The Labute approximate surface area is 195 Å². The molecule has 8 heteroatoms. The van der Waals surface area contributed by atoms with Crippen LogP contribution in [0.4, 0.5) is 11.5 Å². The number of aliphatic imine (C=N–C) groups is 1. The molecule has 1 atom stereocenters. The molecule has 2 aromatic rings. The molecule has 3 rings (SSSR count). The van der Waals surface area contributed by atoms with Gasteiger partial charge in [0.1, 0.15) is 5.82 Å². The summed E-state index contributed by atoms with van der Waals surface area (Å²) in [5, 5.41) is 7.71. The summed E-state index contributed by atoms with van der Waals surface area (Å²) in [6, 6.07) is 12.5. The van der Waals surface area contributed by atoms with E-state index in [9.17, 15) is 0 Å². The summed E-state index contributed by atoms with van der Waals surface area (Å²) in [5.41, 5.74) is 2.31. The number of nitrogens with zero attached hydrogens (tertiary/aromatic N) is 4. The van der Waals surface area contributed by atoms with Gasteiger partial charge in [-0.05, 0) is 49.2 Å². The van der Waals surface area contributed by atoms with Crippen LogP contribution in [-0.2, 0) is 6.54 Å². The third-order valence-corrected chi connectivity index (χ3v) is 4.97. The number of guanidine groups is 1. The van der Waals surface area contributed by atoms with Crippen LogP contribution in [0.5, 0.6) is 0 Å². The summed E-state index contributed by atoms with van der Waals surface area (Å²) in [6.45, 7) is 5.47. The van der Waals surface area contributed by atoms with Gasteiger partial charge in [0.05, 0.1) is 6.54 Å². The third kappa shape index (κ3) is 6.92. The van der Waals surface area contributed by atoms with Crippen LogP contribution in [0.25, 0.3) is 0 Å². The van der Waals surface area contributed by atoms with Crippen molar-refractivity contribution in [1.29, 1.82) is 0 Å². The third-order valence-electron chi connectivity index (χ3n) is 4.73. The number of anilines is 2. The first-order valence-electron chi connectivity index (χ1n) is 9.72. The van der Waals surface area contributed by atoms with Crippen molar-refractivity contribution in [3.63, 3.8) is 0 Å². The number of hydrogen-bond donors (Lipinski definition) is 2. The van der Waals surface area contributed by atoms with E-state index >= 15 is 0 Å². The molecule has 0 radical (unpaired) electrons. The van der Waals surface area contributed by atoms with Crippen LogP contribution < -0.4 is 20.4 Å². The van der Waals surface area contributed by atoms with Gasteiger partial charge in [0.15, 0.2) is 5.96 Å². The van der Waals surface area contributed by atoms with Crippen molar-refractivity contribution in [2.75, 3.05) is 43.5 Å². The lowest BCUT2D eigenvalue weighted by Crippen LogP contribution is -2.44. The molecular formula is C21H30ClIN6. The Balaban J connectivity index is 0.00000300. The Bertz CT molecular complexity index is 813. The summed E-state index contributed by atoms with van der Waals surface area (Å²) in [7, 11) is 3.99. The Hall–Kier alpha value is -1.74.